The van der Waals surface area contributed by atoms with Gasteiger partial charge in [-0.25, -0.2) is 4.99 Å². The second-order valence-corrected chi connectivity index (χ2v) is 7.33. The SMILES string of the molecule is CC(=O)OCCN1CCN(c2nssc2=Nc2ccccc2)CC1. The van der Waals surface area contributed by atoms with Crippen molar-refractivity contribution in [3.05, 3.63) is 35.0 Å². The average molecular weight is 364 g/mol. The number of benzene rings is 1. The fourth-order valence-corrected chi connectivity index (χ4v) is 4.25. The van der Waals surface area contributed by atoms with Gasteiger partial charge in [0.1, 0.15) is 6.61 Å². The Kier molecular flexibility index (Phi) is 5.95. The summed E-state index contributed by atoms with van der Waals surface area (Å²) >= 11 is 0. The van der Waals surface area contributed by atoms with Crippen molar-refractivity contribution in [1.82, 2.24) is 9.27 Å². The van der Waals surface area contributed by atoms with Gasteiger partial charge in [-0.2, -0.15) is 4.37 Å². The molecule has 2 aromatic rings. The molecular formula is C16H20N4O2S2. The van der Waals surface area contributed by atoms with Crippen LogP contribution in [0.4, 0.5) is 11.5 Å². The van der Waals surface area contributed by atoms with Gasteiger partial charge in [-0.15, -0.1) is 0 Å². The van der Waals surface area contributed by atoms with Gasteiger partial charge in [0, 0.05) is 50.2 Å². The van der Waals surface area contributed by atoms with Crippen molar-refractivity contribution in [3.63, 3.8) is 0 Å². The molecule has 1 aliphatic heterocycles. The molecule has 128 valence electrons. The third-order valence-electron chi connectivity index (χ3n) is 3.80. The number of nitrogens with zero attached hydrogens (tertiary/aromatic N) is 4. The molecule has 3 rings (SSSR count). The van der Waals surface area contributed by atoms with E-state index in [0.717, 1.165) is 48.9 Å². The highest BCUT2D eigenvalue weighted by molar-refractivity contribution is 7.66. The van der Waals surface area contributed by atoms with Gasteiger partial charge < -0.3 is 9.64 Å². The van der Waals surface area contributed by atoms with Gasteiger partial charge >= 0.3 is 5.97 Å². The van der Waals surface area contributed by atoms with E-state index >= 15 is 0 Å². The number of carbonyl (C=O) groups excluding carboxylic acids is 1. The summed E-state index contributed by atoms with van der Waals surface area (Å²) in [6, 6.07) is 9.97. The van der Waals surface area contributed by atoms with Crippen LogP contribution in [0.25, 0.3) is 0 Å². The Morgan fingerprint density at radius 2 is 2.00 bits per heavy atom. The lowest BCUT2D eigenvalue weighted by molar-refractivity contribution is -0.141. The normalized spacial score (nSPS) is 16.4. The predicted octanol–water partition coefficient (Wildman–Crippen LogP) is 2.12. The summed E-state index contributed by atoms with van der Waals surface area (Å²) in [6.07, 6.45) is 0. The Balaban J connectivity index is 1.61. The van der Waals surface area contributed by atoms with E-state index in [1.165, 1.54) is 17.5 Å². The molecule has 1 aliphatic rings. The molecule has 1 aromatic carbocycles. The summed E-state index contributed by atoms with van der Waals surface area (Å²) in [5.74, 6) is 0.762. The van der Waals surface area contributed by atoms with Crippen LogP contribution >= 0.6 is 20.9 Å². The van der Waals surface area contributed by atoms with Crippen LogP contribution in [0.3, 0.4) is 0 Å². The van der Waals surface area contributed by atoms with Gasteiger partial charge in [-0.3, -0.25) is 9.69 Å². The molecule has 24 heavy (non-hydrogen) atoms. The Morgan fingerprint density at radius 1 is 1.25 bits per heavy atom. The number of anilines is 1. The summed E-state index contributed by atoms with van der Waals surface area (Å²) in [4.78, 5) is 20.1. The zero-order valence-corrected chi connectivity index (χ0v) is 15.2. The van der Waals surface area contributed by atoms with Crippen molar-refractivity contribution in [2.45, 2.75) is 6.92 Å². The lowest BCUT2D eigenvalue weighted by Gasteiger charge is -2.34. The molecule has 1 saturated heterocycles. The van der Waals surface area contributed by atoms with E-state index in [2.05, 4.69) is 14.2 Å². The Morgan fingerprint density at radius 3 is 2.71 bits per heavy atom. The minimum atomic E-state index is -0.218. The Bertz CT molecular complexity index is 721. The van der Waals surface area contributed by atoms with E-state index in [-0.39, 0.29) is 5.97 Å². The number of ether oxygens (including phenoxy) is 1. The number of rotatable bonds is 5. The van der Waals surface area contributed by atoms with Crippen LogP contribution < -0.4 is 9.57 Å². The summed E-state index contributed by atoms with van der Waals surface area (Å²) in [5.41, 5.74) is 0.954. The molecule has 1 aromatic heterocycles. The number of esters is 1. The monoisotopic (exact) mass is 364 g/mol. The predicted molar refractivity (Wildman–Crippen MR) is 96.9 cm³/mol. The van der Waals surface area contributed by atoms with E-state index in [1.54, 1.807) is 10.3 Å². The highest BCUT2D eigenvalue weighted by Crippen LogP contribution is 2.16. The molecule has 2 heterocycles. The van der Waals surface area contributed by atoms with Crippen molar-refractivity contribution in [3.8, 4) is 0 Å². The van der Waals surface area contributed by atoms with E-state index < -0.39 is 0 Å². The summed E-state index contributed by atoms with van der Waals surface area (Å²) < 4.78 is 10.5. The number of hydrogen-bond donors (Lipinski definition) is 0. The topological polar surface area (TPSA) is 58.0 Å². The van der Waals surface area contributed by atoms with Crippen LogP contribution in [-0.4, -0.2) is 54.6 Å². The second-order valence-electron chi connectivity index (χ2n) is 5.49. The first-order valence-corrected chi connectivity index (χ1v) is 9.99. The highest BCUT2D eigenvalue weighted by atomic mass is 32.9. The van der Waals surface area contributed by atoms with Gasteiger partial charge in [-0.1, -0.05) is 18.2 Å². The van der Waals surface area contributed by atoms with Crippen LogP contribution in [0, 0.1) is 0 Å². The Hall–Kier alpha value is -1.77. The standard InChI is InChI=1S/C16H20N4O2S2/c1-13(21)22-12-11-19-7-9-20(10-8-19)15-16(23-24-18-15)17-14-5-3-2-4-6-14/h2-6H,7-12H2,1H3. The molecule has 0 spiro atoms. The lowest BCUT2D eigenvalue weighted by Crippen LogP contribution is -2.48. The van der Waals surface area contributed by atoms with E-state index in [0.29, 0.717) is 6.61 Å². The Labute approximate surface area is 148 Å². The van der Waals surface area contributed by atoms with Crippen molar-refractivity contribution < 1.29 is 9.53 Å². The van der Waals surface area contributed by atoms with Gasteiger partial charge in [0.25, 0.3) is 0 Å². The van der Waals surface area contributed by atoms with Crippen molar-refractivity contribution in [2.75, 3.05) is 44.2 Å². The molecule has 0 amide bonds. The van der Waals surface area contributed by atoms with Gasteiger partial charge in [0.2, 0.25) is 0 Å². The second kappa shape index (κ2) is 8.36. The fourth-order valence-electron chi connectivity index (χ4n) is 2.55. The van der Waals surface area contributed by atoms with Gasteiger partial charge in [0.05, 0.1) is 5.69 Å². The maximum Gasteiger partial charge on any atom is 0.302 e. The van der Waals surface area contributed by atoms with Crippen molar-refractivity contribution in [1.29, 1.82) is 0 Å². The number of aromatic nitrogens is 1. The van der Waals surface area contributed by atoms with E-state index in [9.17, 15) is 4.79 Å². The molecule has 0 N–H and O–H groups in total. The molecule has 8 heteroatoms. The third kappa shape index (κ3) is 4.62. The first kappa shape index (κ1) is 17.1. The van der Waals surface area contributed by atoms with Crippen molar-refractivity contribution >= 4 is 38.4 Å². The number of para-hydroxylation sites is 1. The first-order valence-electron chi connectivity index (χ1n) is 7.89. The molecule has 0 aliphatic carbocycles. The van der Waals surface area contributed by atoms with Crippen molar-refractivity contribution in [2.24, 2.45) is 4.99 Å². The largest absolute Gasteiger partial charge is 0.465 e. The number of carbonyl (C=O) groups is 1. The molecule has 0 atom stereocenters. The molecular weight excluding hydrogens is 344 g/mol. The summed E-state index contributed by atoms with van der Waals surface area (Å²) in [7, 11) is 3.09. The van der Waals surface area contributed by atoms with Crippen LogP contribution in [0.15, 0.2) is 35.3 Å². The van der Waals surface area contributed by atoms with Gasteiger partial charge in [-0.05, 0) is 22.5 Å². The van der Waals surface area contributed by atoms with E-state index in [1.807, 2.05) is 30.3 Å². The zero-order chi connectivity index (χ0) is 16.8. The zero-order valence-electron chi connectivity index (χ0n) is 13.6. The smallest absolute Gasteiger partial charge is 0.302 e. The highest BCUT2D eigenvalue weighted by Gasteiger charge is 2.20. The fraction of sp³-hybridized carbons (Fsp3) is 0.438. The number of piperazine rings is 1. The van der Waals surface area contributed by atoms with Crippen LogP contribution in [0.2, 0.25) is 0 Å². The molecule has 0 bridgehead atoms. The summed E-state index contributed by atoms with van der Waals surface area (Å²) in [6.45, 7) is 6.39. The minimum Gasteiger partial charge on any atom is -0.465 e. The van der Waals surface area contributed by atoms with Gasteiger partial charge in [0.15, 0.2) is 10.5 Å². The van der Waals surface area contributed by atoms with E-state index in [4.69, 9.17) is 9.73 Å². The molecule has 0 radical (unpaired) electrons. The molecule has 0 unspecified atom stereocenters. The molecule has 1 fully saturated rings. The van der Waals surface area contributed by atoms with Crippen LogP contribution in [0.1, 0.15) is 6.92 Å². The number of hydrogen-bond acceptors (Lipinski definition) is 8. The quantitative estimate of drug-likeness (QED) is 0.601. The summed E-state index contributed by atoms with van der Waals surface area (Å²) in [5, 5.41) is 0. The first-order chi connectivity index (χ1) is 11.7. The van der Waals surface area contributed by atoms with Crippen LogP contribution in [-0.2, 0) is 9.53 Å². The maximum atomic E-state index is 10.8. The maximum absolute atomic E-state index is 10.8. The third-order valence-corrected chi connectivity index (χ3v) is 5.48. The average Bonchev–Trinajstić information content (AvgIpc) is 3.04. The molecule has 6 nitrogen and oxygen atoms in total. The minimum absolute atomic E-state index is 0.218. The lowest BCUT2D eigenvalue weighted by atomic mass is 10.3. The van der Waals surface area contributed by atoms with Crippen LogP contribution in [0.5, 0.6) is 0 Å². The molecule has 0 saturated carbocycles.